The summed E-state index contributed by atoms with van der Waals surface area (Å²) < 4.78 is 38.4. The van der Waals surface area contributed by atoms with E-state index in [2.05, 4.69) is 26.0 Å². The molecule has 0 aromatic carbocycles. The number of phosphoric acid groups is 1. The molecule has 1 fully saturated rings. The average molecular weight is 704 g/mol. The summed E-state index contributed by atoms with van der Waals surface area (Å²) in [7, 11) is -4.37. The number of hydrogen-bond acceptors (Lipinski definition) is 9. The number of hydrogen-bond donors (Lipinski definition) is 2. The number of phosphoric ester groups is 1. The molecule has 0 aliphatic carbocycles. The van der Waals surface area contributed by atoms with Crippen molar-refractivity contribution in [2.75, 3.05) is 26.4 Å². The molecule has 0 radical (unpaired) electrons. The van der Waals surface area contributed by atoms with Crippen molar-refractivity contribution >= 4 is 19.8 Å². The molecule has 0 amide bonds. The molecule has 282 valence electrons. The molecule has 48 heavy (non-hydrogen) atoms. The molecule has 0 bridgehead atoms. The van der Waals surface area contributed by atoms with Crippen LogP contribution in [0.2, 0.25) is 0 Å². The van der Waals surface area contributed by atoms with Crippen LogP contribution in [-0.4, -0.2) is 61.5 Å². The lowest BCUT2D eigenvalue weighted by molar-refractivity contribution is -0.161. The molecule has 10 nitrogen and oxygen atoms in total. The van der Waals surface area contributed by atoms with E-state index < -0.39 is 32.5 Å². The fraction of sp³-hybridized carbons (Fsp3) is 0.892. The van der Waals surface area contributed by atoms with E-state index in [4.69, 9.17) is 29.0 Å². The summed E-state index contributed by atoms with van der Waals surface area (Å²) in [5.74, 6) is -0.849. The quantitative estimate of drug-likeness (QED) is 0.0215. The normalized spacial score (nSPS) is 17.8. The summed E-state index contributed by atoms with van der Waals surface area (Å²) in [6.45, 7) is 3.66. The zero-order valence-electron chi connectivity index (χ0n) is 30.4. The summed E-state index contributed by atoms with van der Waals surface area (Å²) in [6.07, 6.45) is 29.7. The Labute approximate surface area is 292 Å². The highest BCUT2D eigenvalue weighted by Crippen LogP contribution is 2.43. The third-order valence-corrected chi connectivity index (χ3v) is 9.56. The lowest BCUT2D eigenvalue weighted by atomic mass is 10.1. The summed E-state index contributed by atoms with van der Waals surface area (Å²) >= 11 is 0. The first-order chi connectivity index (χ1) is 23.3. The van der Waals surface area contributed by atoms with Crippen LogP contribution in [0.15, 0.2) is 12.2 Å². The number of carbonyl (C=O) groups excluding carboxylic acids is 2. The zero-order valence-corrected chi connectivity index (χ0v) is 31.3. The SMILES string of the molecule is CCCCC/C=C\CC1OC1CCCCCCCC(=O)OC[C@H](COP(=O)(O)OCCN)OC(=O)CCCCCCCCCCCCC. The summed E-state index contributed by atoms with van der Waals surface area (Å²) in [5, 5.41) is 0. The minimum absolute atomic E-state index is 0.0510. The van der Waals surface area contributed by atoms with E-state index in [-0.39, 0.29) is 32.6 Å². The van der Waals surface area contributed by atoms with Gasteiger partial charge in [-0.1, -0.05) is 129 Å². The van der Waals surface area contributed by atoms with Crippen LogP contribution in [0, 0.1) is 0 Å². The Morgan fingerprint density at radius 1 is 0.729 bits per heavy atom. The van der Waals surface area contributed by atoms with Crippen LogP contribution < -0.4 is 5.73 Å². The second-order valence-electron chi connectivity index (χ2n) is 13.2. The topological polar surface area (TPSA) is 147 Å². The van der Waals surface area contributed by atoms with Crippen molar-refractivity contribution in [3.05, 3.63) is 12.2 Å². The van der Waals surface area contributed by atoms with Crippen molar-refractivity contribution in [3.8, 4) is 0 Å². The number of rotatable bonds is 35. The molecule has 0 aromatic rings. The molecule has 0 spiro atoms. The highest BCUT2D eigenvalue weighted by atomic mass is 31.2. The van der Waals surface area contributed by atoms with Gasteiger partial charge in [-0.15, -0.1) is 0 Å². The standard InChI is InChI=1S/C37H70NO9P/c1-3-5-7-9-11-12-13-14-15-19-24-28-37(40)46-33(32-45-48(41,42)44-30-29-38)31-43-36(39)27-23-20-16-18-22-26-35-34(47-35)25-21-17-10-8-6-4-2/h17,21,33-35H,3-16,18-20,22-32,38H2,1-2H3,(H,41,42)/b21-17-/t33-,34?,35?/m1/s1. The maximum atomic E-state index is 12.5. The van der Waals surface area contributed by atoms with Crippen LogP contribution in [0.25, 0.3) is 0 Å². The van der Waals surface area contributed by atoms with Gasteiger partial charge in [0, 0.05) is 19.4 Å². The first-order valence-corrected chi connectivity index (χ1v) is 20.8. The molecule has 1 aliphatic rings. The fourth-order valence-electron chi connectivity index (χ4n) is 5.58. The van der Waals surface area contributed by atoms with E-state index in [1.807, 2.05) is 0 Å². The molecule has 4 atom stereocenters. The van der Waals surface area contributed by atoms with Crippen molar-refractivity contribution < 1.29 is 42.3 Å². The van der Waals surface area contributed by atoms with Gasteiger partial charge in [-0.25, -0.2) is 4.57 Å². The largest absolute Gasteiger partial charge is 0.472 e. The fourth-order valence-corrected chi connectivity index (χ4v) is 6.35. The van der Waals surface area contributed by atoms with E-state index >= 15 is 0 Å². The summed E-state index contributed by atoms with van der Waals surface area (Å²) in [4.78, 5) is 34.7. The molecule has 3 N–H and O–H groups in total. The highest BCUT2D eigenvalue weighted by molar-refractivity contribution is 7.47. The number of allylic oxidation sites excluding steroid dienone is 1. The van der Waals surface area contributed by atoms with Crippen molar-refractivity contribution in [2.24, 2.45) is 5.73 Å². The number of ether oxygens (including phenoxy) is 3. The lowest BCUT2D eigenvalue weighted by Crippen LogP contribution is -2.29. The first kappa shape index (κ1) is 44.7. The van der Waals surface area contributed by atoms with E-state index in [9.17, 15) is 19.0 Å². The maximum Gasteiger partial charge on any atom is 0.472 e. The second kappa shape index (κ2) is 30.5. The Balaban J connectivity index is 2.21. The maximum absolute atomic E-state index is 12.5. The van der Waals surface area contributed by atoms with Gasteiger partial charge in [-0.2, -0.15) is 0 Å². The second-order valence-corrected chi connectivity index (χ2v) is 14.6. The van der Waals surface area contributed by atoms with Gasteiger partial charge in [0.1, 0.15) is 6.61 Å². The van der Waals surface area contributed by atoms with Gasteiger partial charge in [-0.3, -0.25) is 18.6 Å². The van der Waals surface area contributed by atoms with Crippen LogP contribution in [0.3, 0.4) is 0 Å². The van der Waals surface area contributed by atoms with Crippen LogP contribution >= 0.6 is 7.82 Å². The number of epoxide rings is 1. The molecular formula is C37H70NO9P. The lowest BCUT2D eigenvalue weighted by Gasteiger charge is -2.19. The number of esters is 2. The van der Waals surface area contributed by atoms with Gasteiger partial charge >= 0.3 is 19.8 Å². The van der Waals surface area contributed by atoms with Gasteiger partial charge in [0.15, 0.2) is 6.10 Å². The van der Waals surface area contributed by atoms with E-state index in [1.165, 1.54) is 70.6 Å². The van der Waals surface area contributed by atoms with Gasteiger partial charge in [0.25, 0.3) is 0 Å². The molecule has 1 aliphatic heterocycles. The smallest absolute Gasteiger partial charge is 0.462 e. The monoisotopic (exact) mass is 703 g/mol. The molecule has 11 heteroatoms. The predicted molar refractivity (Wildman–Crippen MR) is 192 cm³/mol. The van der Waals surface area contributed by atoms with Crippen molar-refractivity contribution in [1.82, 2.24) is 0 Å². The van der Waals surface area contributed by atoms with E-state index in [1.54, 1.807) is 0 Å². The van der Waals surface area contributed by atoms with Gasteiger partial charge < -0.3 is 24.8 Å². The van der Waals surface area contributed by atoms with Crippen LogP contribution in [0.1, 0.15) is 168 Å². The Morgan fingerprint density at radius 2 is 1.29 bits per heavy atom. The van der Waals surface area contributed by atoms with Crippen molar-refractivity contribution in [3.63, 3.8) is 0 Å². The molecule has 1 rings (SSSR count). The number of nitrogens with two attached hydrogens (primary N) is 1. The number of carbonyl (C=O) groups is 2. The molecule has 1 saturated heterocycles. The van der Waals surface area contributed by atoms with Crippen LogP contribution in [-0.2, 0) is 37.4 Å². The molecule has 1 heterocycles. The summed E-state index contributed by atoms with van der Waals surface area (Å²) in [6, 6.07) is 0. The van der Waals surface area contributed by atoms with Crippen LogP contribution in [0.4, 0.5) is 0 Å². The third-order valence-electron chi connectivity index (χ3n) is 8.58. The van der Waals surface area contributed by atoms with Crippen LogP contribution in [0.5, 0.6) is 0 Å². The predicted octanol–water partition coefficient (Wildman–Crippen LogP) is 9.26. The van der Waals surface area contributed by atoms with Crippen molar-refractivity contribution in [2.45, 2.75) is 186 Å². The highest BCUT2D eigenvalue weighted by Gasteiger charge is 2.36. The van der Waals surface area contributed by atoms with E-state index in [0.29, 0.717) is 25.0 Å². The molecule has 0 saturated carbocycles. The first-order valence-electron chi connectivity index (χ1n) is 19.3. The van der Waals surface area contributed by atoms with Crippen molar-refractivity contribution in [1.29, 1.82) is 0 Å². The Kier molecular flexibility index (Phi) is 28.4. The molecule has 3 unspecified atom stereocenters. The van der Waals surface area contributed by atoms with Gasteiger partial charge in [-0.05, 0) is 38.5 Å². The zero-order chi connectivity index (χ0) is 35.1. The third kappa shape index (κ3) is 27.5. The Hall–Kier alpha value is -1.29. The number of unbranched alkanes of at least 4 members (excludes halogenated alkanes) is 17. The average Bonchev–Trinajstić information content (AvgIpc) is 3.82. The minimum Gasteiger partial charge on any atom is -0.462 e. The Morgan fingerprint density at radius 3 is 1.92 bits per heavy atom. The van der Waals surface area contributed by atoms with Gasteiger partial charge in [0.2, 0.25) is 0 Å². The Bertz CT molecular complexity index is 872. The minimum atomic E-state index is -4.37. The molecule has 0 aromatic heterocycles. The molecular weight excluding hydrogens is 633 g/mol. The summed E-state index contributed by atoms with van der Waals surface area (Å²) in [5.41, 5.74) is 5.33. The van der Waals surface area contributed by atoms with Gasteiger partial charge in [0.05, 0.1) is 25.4 Å². The van der Waals surface area contributed by atoms with E-state index in [0.717, 1.165) is 57.8 Å².